The molecule has 4 aromatic rings. The SMILES string of the molecule is COCCn1c(NC(=O)CCc2nc3ccccc3[nH]2)c(NCc2ccccc2)c(=O)[nH]c1=O. The van der Waals surface area contributed by atoms with E-state index in [1.165, 1.54) is 11.7 Å². The molecule has 0 atom stereocenters. The molecule has 4 rings (SSSR count). The molecule has 10 nitrogen and oxygen atoms in total. The molecule has 0 aliphatic heterocycles. The maximum atomic E-state index is 12.8. The van der Waals surface area contributed by atoms with E-state index in [1.807, 2.05) is 54.6 Å². The summed E-state index contributed by atoms with van der Waals surface area (Å²) in [5.74, 6) is 0.442. The number of fused-ring (bicyclic) bond motifs is 1. The van der Waals surface area contributed by atoms with Gasteiger partial charge in [0.05, 0.1) is 24.2 Å². The Bertz CT molecular complexity index is 1360. The van der Waals surface area contributed by atoms with E-state index < -0.39 is 11.2 Å². The number of nitrogens with one attached hydrogen (secondary N) is 4. The van der Waals surface area contributed by atoms with Crippen molar-refractivity contribution in [1.82, 2.24) is 19.5 Å². The second-order valence-electron chi connectivity index (χ2n) is 7.72. The molecule has 0 saturated heterocycles. The Balaban J connectivity index is 1.56. The van der Waals surface area contributed by atoms with E-state index in [-0.39, 0.29) is 37.0 Å². The molecule has 0 aliphatic carbocycles. The van der Waals surface area contributed by atoms with Crippen molar-refractivity contribution in [2.24, 2.45) is 0 Å². The van der Waals surface area contributed by atoms with Gasteiger partial charge in [-0.25, -0.2) is 9.78 Å². The number of aryl methyl sites for hydroxylation is 1. The first-order valence-corrected chi connectivity index (χ1v) is 10.9. The number of methoxy groups -OCH3 is 1. The number of carbonyl (C=O) groups excluding carboxylic acids is 1. The lowest BCUT2D eigenvalue weighted by Gasteiger charge is -2.17. The normalized spacial score (nSPS) is 11.0. The Kier molecular flexibility index (Phi) is 7.19. The molecule has 0 spiro atoms. The minimum atomic E-state index is -0.625. The van der Waals surface area contributed by atoms with Gasteiger partial charge in [0.2, 0.25) is 5.91 Å². The van der Waals surface area contributed by atoms with Crippen LogP contribution in [0.15, 0.2) is 64.2 Å². The summed E-state index contributed by atoms with van der Waals surface area (Å²) >= 11 is 0. The van der Waals surface area contributed by atoms with Crippen molar-refractivity contribution < 1.29 is 9.53 Å². The molecule has 0 radical (unpaired) electrons. The number of carbonyl (C=O) groups is 1. The zero-order chi connectivity index (χ0) is 23.9. The van der Waals surface area contributed by atoms with Crippen LogP contribution in [-0.4, -0.2) is 39.1 Å². The summed E-state index contributed by atoms with van der Waals surface area (Å²) in [5.41, 5.74) is 1.54. The van der Waals surface area contributed by atoms with E-state index in [0.29, 0.717) is 18.8 Å². The van der Waals surface area contributed by atoms with Crippen LogP contribution in [0.25, 0.3) is 11.0 Å². The summed E-state index contributed by atoms with van der Waals surface area (Å²) < 4.78 is 6.39. The number of nitrogens with zero attached hydrogens (tertiary/aromatic N) is 2. The van der Waals surface area contributed by atoms with Crippen molar-refractivity contribution in [2.75, 3.05) is 24.4 Å². The Hall–Kier alpha value is -4.18. The molecular formula is C24H26N6O4. The molecule has 34 heavy (non-hydrogen) atoms. The minimum Gasteiger partial charge on any atom is -0.383 e. The second-order valence-corrected chi connectivity index (χ2v) is 7.72. The second kappa shape index (κ2) is 10.6. The van der Waals surface area contributed by atoms with E-state index in [4.69, 9.17) is 4.74 Å². The molecule has 4 N–H and O–H groups in total. The zero-order valence-corrected chi connectivity index (χ0v) is 18.8. The zero-order valence-electron chi connectivity index (χ0n) is 18.8. The number of H-pyrrole nitrogens is 2. The van der Waals surface area contributed by atoms with Gasteiger partial charge < -0.3 is 20.4 Å². The summed E-state index contributed by atoms with van der Waals surface area (Å²) in [5, 5.41) is 5.82. The molecule has 2 heterocycles. The number of hydrogen-bond acceptors (Lipinski definition) is 6. The van der Waals surface area contributed by atoms with E-state index >= 15 is 0 Å². The third kappa shape index (κ3) is 5.41. The Morgan fingerprint density at radius 1 is 1.06 bits per heavy atom. The lowest BCUT2D eigenvalue weighted by atomic mass is 10.2. The van der Waals surface area contributed by atoms with Gasteiger partial charge in [-0.1, -0.05) is 42.5 Å². The molecule has 0 unspecified atom stereocenters. The van der Waals surface area contributed by atoms with E-state index in [0.717, 1.165) is 16.6 Å². The number of benzene rings is 2. The van der Waals surface area contributed by atoms with Crippen LogP contribution in [0.5, 0.6) is 0 Å². The standard InChI is InChI=1S/C24H26N6O4/c1-34-14-13-30-22(21(23(32)29-24(30)33)25-15-16-7-3-2-4-8-16)28-20(31)12-11-19-26-17-9-5-6-10-18(17)27-19/h2-10,25H,11-15H2,1H3,(H,26,27)(H,28,31)(H,29,32,33). The Morgan fingerprint density at radius 3 is 2.59 bits per heavy atom. The van der Waals surface area contributed by atoms with Gasteiger partial charge in [-0.2, -0.15) is 0 Å². The lowest BCUT2D eigenvalue weighted by molar-refractivity contribution is -0.116. The van der Waals surface area contributed by atoms with Gasteiger partial charge in [0.1, 0.15) is 17.3 Å². The number of hydrogen-bond donors (Lipinski definition) is 4. The van der Waals surface area contributed by atoms with Crippen LogP contribution in [0.1, 0.15) is 17.8 Å². The number of anilines is 2. The highest BCUT2D eigenvalue weighted by Crippen LogP contribution is 2.18. The Morgan fingerprint density at radius 2 is 1.82 bits per heavy atom. The van der Waals surface area contributed by atoms with Gasteiger partial charge in [-0.3, -0.25) is 19.1 Å². The summed E-state index contributed by atoms with van der Waals surface area (Å²) in [7, 11) is 1.51. The van der Waals surface area contributed by atoms with Crippen molar-refractivity contribution in [3.8, 4) is 0 Å². The van der Waals surface area contributed by atoms with Gasteiger partial charge in [0.25, 0.3) is 5.56 Å². The van der Waals surface area contributed by atoms with Crippen LogP contribution >= 0.6 is 0 Å². The fraction of sp³-hybridized carbons (Fsp3) is 0.250. The molecule has 0 fully saturated rings. The number of aromatic nitrogens is 4. The molecule has 10 heteroatoms. The number of para-hydroxylation sites is 2. The average Bonchev–Trinajstić information content (AvgIpc) is 3.26. The van der Waals surface area contributed by atoms with Crippen LogP contribution in [0.3, 0.4) is 0 Å². The van der Waals surface area contributed by atoms with Gasteiger partial charge >= 0.3 is 5.69 Å². The minimum absolute atomic E-state index is 0.108. The summed E-state index contributed by atoms with van der Waals surface area (Å²) in [6.07, 6.45) is 0.488. The van der Waals surface area contributed by atoms with Crippen LogP contribution < -0.4 is 21.9 Å². The van der Waals surface area contributed by atoms with Crippen LogP contribution in [0.2, 0.25) is 0 Å². The predicted molar refractivity (Wildman–Crippen MR) is 130 cm³/mol. The largest absolute Gasteiger partial charge is 0.383 e. The molecule has 0 saturated carbocycles. The highest BCUT2D eigenvalue weighted by molar-refractivity contribution is 5.93. The third-order valence-electron chi connectivity index (χ3n) is 5.32. The van der Waals surface area contributed by atoms with E-state index in [1.54, 1.807) is 0 Å². The van der Waals surface area contributed by atoms with Gasteiger partial charge in [0, 0.05) is 26.5 Å². The molecule has 2 aromatic heterocycles. The van der Waals surface area contributed by atoms with Crippen molar-refractivity contribution in [1.29, 1.82) is 0 Å². The molecular weight excluding hydrogens is 436 g/mol. The lowest BCUT2D eigenvalue weighted by Crippen LogP contribution is -2.36. The predicted octanol–water partition coefficient (Wildman–Crippen LogP) is 2.24. The molecule has 1 amide bonds. The highest BCUT2D eigenvalue weighted by Gasteiger charge is 2.18. The summed E-state index contributed by atoms with van der Waals surface area (Å²) in [6.45, 7) is 0.728. The van der Waals surface area contributed by atoms with Crippen molar-refractivity contribution in [3.63, 3.8) is 0 Å². The molecule has 2 aromatic carbocycles. The van der Waals surface area contributed by atoms with Crippen LogP contribution in [0, 0.1) is 0 Å². The molecule has 176 valence electrons. The van der Waals surface area contributed by atoms with Crippen LogP contribution in [-0.2, 0) is 29.0 Å². The summed E-state index contributed by atoms with van der Waals surface area (Å²) in [4.78, 5) is 48.0. The number of imidazole rings is 1. The van der Waals surface area contributed by atoms with Crippen molar-refractivity contribution in [3.05, 3.63) is 86.8 Å². The number of amides is 1. The topological polar surface area (TPSA) is 134 Å². The van der Waals surface area contributed by atoms with Gasteiger partial charge in [0.15, 0.2) is 0 Å². The summed E-state index contributed by atoms with van der Waals surface area (Å²) in [6, 6.07) is 17.1. The molecule has 0 bridgehead atoms. The quantitative estimate of drug-likeness (QED) is 0.286. The first-order valence-electron chi connectivity index (χ1n) is 10.9. The third-order valence-corrected chi connectivity index (χ3v) is 5.32. The number of ether oxygens (including phenoxy) is 1. The maximum Gasteiger partial charge on any atom is 0.330 e. The van der Waals surface area contributed by atoms with E-state index in [2.05, 4.69) is 25.6 Å². The highest BCUT2D eigenvalue weighted by atomic mass is 16.5. The number of aromatic amines is 2. The van der Waals surface area contributed by atoms with Crippen molar-refractivity contribution >= 4 is 28.4 Å². The fourth-order valence-electron chi connectivity index (χ4n) is 3.60. The monoisotopic (exact) mass is 462 g/mol. The maximum absolute atomic E-state index is 12.8. The van der Waals surface area contributed by atoms with E-state index in [9.17, 15) is 14.4 Å². The first-order chi connectivity index (χ1) is 16.5. The fourth-order valence-corrected chi connectivity index (χ4v) is 3.60. The number of rotatable bonds is 10. The molecule has 0 aliphatic rings. The Labute approximate surface area is 195 Å². The van der Waals surface area contributed by atoms with Crippen LogP contribution in [0.4, 0.5) is 11.5 Å². The van der Waals surface area contributed by atoms with Gasteiger partial charge in [-0.15, -0.1) is 0 Å². The first kappa shape index (κ1) is 23.0. The van der Waals surface area contributed by atoms with Gasteiger partial charge in [-0.05, 0) is 17.7 Å². The smallest absolute Gasteiger partial charge is 0.330 e. The average molecular weight is 463 g/mol. The van der Waals surface area contributed by atoms with Crippen molar-refractivity contribution in [2.45, 2.75) is 25.9 Å².